The average Bonchev–Trinajstić information content (AvgIpc) is 3.48. The van der Waals surface area contributed by atoms with Crippen molar-refractivity contribution in [1.82, 2.24) is 0 Å². The van der Waals surface area contributed by atoms with Crippen LogP contribution < -0.4 is 7.16 Å². The molecule has 0 saturated heterocycles. The van der Waals surface area contributed by atoms with E-state index < -0.39 is 19.2 Å². The van der Waals surface area contributed by atoms with Crippen LogP contribution in [0.3, 0.4) is 0 Å². The Morgan fingerprint density at radius 3 is 1.31 bits per heavy atom. The van der Waals surface area contributed by atoms with Gasteiger partial charge in [-0.15, -0.1) is 0 Å². The normalized spacial score (nSPS) is 17.9. The molecule has 0 spiro atoms. The van der Waals surface area contributed by atoms with Gasteiger partial charge in [-0.2, -0.15) is 0 Å². The zero-order valence-electron chi connectivity index (χ0n) is 16.7. The summed E-state index contributed by atoms with van der Waals surface area (Å²) in [5.74, 6) is -0.539. The Balaban J connectivity index is 1.75. The topological polar surface area (TPSA) is 52.6 Å². The summed E-state index contributed by atoms with van der Waals surface area (Å²) in [4.78, 5) is 26.3. The van der Waals surface area contributed by atoms with Crippen LogP contribution >= 0.6 is 0 Å². The van der Waals surface area contributed by atoms with E-state index in [0.29, 0.717) is 0 Å². The molecule has 0 heterocycles. The summed E-state index contributed by atoms with van der Waals surface area (Å²) in [5.41, 5.74) is 0. The molecular formula is C24H28O4Sn. The Kier molecular flexibility index (Phi) is 6.58. The van der Waals surface area contributed by atoms with Crippen LogP contribution in [0.15, 0.2) is 60.7 Å². The quantitative estimate of drug-likeness (QED) is 0.570. The summed E-state index contributed by atoms with van der Waals surface area (Å²) in [7, 11) is 0. The van der Waals surface area contributed by atoms with E-state index in [0.717, 1.165) is 58.5 Å². The zero-order chi connectivity index (χ0) is 20.1. The van der Waals surface area contributed by atoms with Gasteiger partial charge < -0.3 is 0 Å². The summed E-state index contributed by atoms with van der Waals surface area (Å²) in [6.07, 6.45) is 7.67. The third-order valence-corrected chi connectivity index (χ3v) is 15.2. The Morgan fingerprint density at radius 2 is 0.966 bits per heavy atom. The van der Waals surface area contributed by atoms with Crippen molar-refractivity contribution in [2.24, 2.45) is 11.8 Å². The molecule has 0 amide bonds. The second-order valence-corrected chi connectivity index (χ2v) is 16.1. The summed E-state index contributed by atoms with van der Waals surface area (Å²) >= 11 is -4.51. The molecule has 2 aliphatic carbocycles. The molecule has 29 heavy (non-hydrogen) atoms. The van der Waals surface area contributed by atoms with E-state index in [9.17, 15) is 9.59 Å². The van der Waals surface area contributed by atoms with Crippen molar-refractivity contribution in [2.75, 3.05) is 0 Å². The molecule has 0 aliphatic heterocycles. The molecule has 2 saturated carbocycles. The third-order valence-electron chi connectivity index (χ3n) is 6.17. The first-order valence-corrected chi connectivity index (χ1v) is 15.9. The predicted octanol–water partition coefficient (Wildman–Crippen LogP) is 3.71. The standard InChI is InChI=1S/2C6H10O2.2C6H5.Sn/c2*7-6(8)5-3-1-2-4-5;2*1-2-4-6-5-3-1;/h2*5H,1-4H2,(H,7,8);2*1-5H;/q;;;;+2/p-2. The molecule has 5 heteroatoms. The second kappa shape index (κ2) is 9.33. The molecule has 0 aromatic heterocycles. The van der Waals surface area contributed by atoms with E-state index >= 15 is 0 Å². The van der Waals surface area contributed by atoms with Gasteiger partial charge in [-0.3, -0.25) is 0 Å². The van der Waals surface area contributed by atoms with Gasteiger partial charge in [0.1, 0.15) is 0 Å². The fourth-order valence-corrected chi connectivity index (χ4v) is 13.1. The molecule has 0 unspecified atom stereocenters. The Labute approximate surface area is 177 Å². The summed E-state index contributed by atoms with van der Waals surface area (Å²) in [6, 6.07) is 19.4. The van der Waals surface area contributed by atoms with Crippen LogP contribution in [0.4, 0.5) is 0 Å². The van der Waals surface area contributed by atoms with Crippen molar-refractivity contribution in [3.05, 3.63) is 60.7 Å². The molecule has 2 fully saturated rings. The van der Waals surface area contributed by atoms with Crippen LogP contribution in [0.25, 0.3) is 0 Å². The van der Waals surface area contributed by atoms with Crippen LogP contribution in [-0.4, -0.2) is 31.1 Å². The Bertz CT molecular complexity index is 753. The molecule has 2 aliphatic rings. The number of carbonyl (C=O) groups excluding carboxylic acids is 2. The number of rotatable bonds is 6. The van der Waals surface area contributed by atoms with E-state index in [1.165, 1.54) is 0 Å². The van der Waals surface area contributed by atoms with Gasteiger partial charge in [0.25, 0.3) is 0 Å². The van der Waals surface area contributed by atoms with Crippen LogP contribution in [0.5, 0.6) is 0 Å². The van der Waals surface area contributed by atoms with Crippen LogP contribution in [0, 0.1) is 11.8 Å². The van der Waals surface area contributed by atoms with Crippen LogP contribution in [0.1, 0.15) is 51.4 Å². The molecule has 0 atom stereocenters. The number of hydrogen-bond acceptors (Lipinski definition) is 4. The first-order chi connectivity index (χ1) is 14.2. The predicted molar refractivity (Wildman–Crippen MR) is 114 cm³/mol. The molecule has 0 radical (unpaired) electrons. The maximum absolute atomic E-state index is 13.1. The van der Waals surface area contributed by atoms with Gasteiger partial charge in [-0.1, -0.05) is 0 Å². The van der Waals surface area contributed by atoms with E-state index in [1.807, 2.05) is 60.7 Å². The zero-order valence-corrected chi connectivity index (χ0v) is 19.6. The summed E-state index contributed by atoms with van der Waals surface area (Å²) < 4.78 is 14.4. The van der Waals surface area contributed by atoms with Crippen LogP contribution in [-0.2, 0) is 15.7 Å². The van der Waals surface area contributed by atoms with E-state index in [1.54, 1.807) is 0 Å². The van der Waals surface area contributed by atoms with Gasteiger partial charge >= 0.3 is 178 Å². The molecule has 0 N–H and O–H groups in total. The molecule has 4 nitrogen and oxygen atoms in total. The minimum absolute atomic E-state index is 0.0799. The van der Waals surface area contributed by atoms with Crippen molar-refractivity contribution in [3.63, 3.8) is 0 Å². The van der Waals surface area contributed by atoms with Gasteiger partial charge in [-0.05, 0) is 0 Å². The van der Waals surface area contributed by atoms with Gasteiger partial charge in [0, 0.05) is 0 Å². The number of hydrogen-bond donors (Lipinski definition) is 0. The molecule has 4 rings (SSSR count). The minimum atomic E-state index is -4.51. The van der Waals surface area contributed by atoms with Gasteiger partial charge in [0.05, 0.1) is 0 Å². The fourth-order valence-electron chi connectivity index (χ4n) is 4.51. The van der Waals surface area contributed by atoms with E-state index in [4.69, 9.17) is 6.15 Å². The molecule has 2 aromatic carbocycles. The average molecular weight is 499 g/mol. The SMILES string of the molecule is O=C([O][Sn]([O]C(=O)C1CCCC1)([c]1ccccc1)[c]1ccccc1)C1CCCC1. The van der Waals surface area contributed by atoms with Gasteiger partial charge in [0.15, 0.2) is 0 Å². The number of benzene rings is 2. The van der Waals surface area contributed by atoms with Crippen molar-refractivity contribution in [1.29, 1.82) is 0 Å². The van der Waals surface area contributed by atoms with Crippen LogP contribution in [0.2, 0.25) is 0 Å². The molecule has 0 bridgehead atoms. The second-order valence-electron chi connectivity index (χ2n) is 8.15. The van der Waals surface area contributed by atoms with Crippen molar-refractivity contribution in [3.8, 4) is 0 Å². The Hall–Kier alpha value is -1.82. The maximum atomic E-state index is 13.1. The van der Waals surface area contributed by atoms with Gasteiger partial charge in [-0.25, -0.2) is 0 Å². The van der Waals surface area contributed by atoms with Gasteiger partial charge in [0.2, 0.25) is 0 Å². The summed E-state index contributed by atoms with van der Waals surface area (Å²) in [6.45, 7) is 0. The monoisotopic (exact) mass is 500 g/mol. The van der Waals surface area contributed by atoms with E-state index in [-0.39, 0.29) is 23.8 Å². The third kappa shape index (κ3) is 4.52. The van der Waals surface area contributed by atoms with Crippen molar-refractivity contribution >= 4 is 38.3 Å². The number of carbonyl (C=O) groups is 2. The first-order valence-electron chi connectivity index (χ1n) is 10.8. The molecule has 2 aromatic rings. The summed E-state index contributed by atoms with van der Waals surface area (Å²) in [5, 5.41) is 0. The van der Waals surface area contributed by atoms with Crippen molar-refractivity contribution in [2.45, 2.75) is 51.4 Å². The fraction of sp³-hybridized carbons (Fsp3) is 0.417. The first kappa shape index (κ1) is 20.5. The van der Waals surface area contributed by atoms with E-state index in [2.05, 4.69) is 0 Å². The van der Waals surface area contributed by atoms with Crippen molar-refractivity contribution < 1.29 is 15.7 Å². The molecular weight excluding hydrogens is 471 g/mol. The Morgan fingerprint density at radius 1 is 0.621 bits per heavy atom. The molecule has 152 valence electrons.